The highest BCUT2D eigenvalue weighted by molar-refractivity contribution is 6.33. The van der Waals surface area contributed by atoms with Gasteiger partial charge in [0.15, 0.2) is 0 Å². The molecular formula is C19H15Cl2N3O. The number of para-hydroxylation sites is 1. The zero-order chi connectivity index (χ0) is 17.6. The molecule has 0 aliphatic heterocycles. The van der Waals surface area contributed by atoms with E-state index in [4.69, 9.17) is 23.2 Å². The van der Waals surface area contributed by atoms with Gasteiger partial charge in [-0.15, -0.1) is 0 Å². The smallest absolute Gasteiger partial charge is 0.228 e. The second kappa shape index (κ2) is 8.01. The summed E-state index contributed by atoms with van der Waals surface area (Å²) in [6.07, 6.45) is 1.87. The van der Waals surface area contributed by atoms with Crippen molar-refractivity contribution in [3.05, 3.63) is 82.5 Å². The SMILES string of the molecule is O=C(Cc1ccc(Cl)cc1)Nc1ccc(Nc2ccccc2Cl)nc1. The molecule has 0 spiro atoms. The first kappa shape index (κ1) is 17.3. The van der Waals surface area contributed by atoms with Crippen LogP contribution in [-0.2, 0) is 11.2 Å². The molecule has 6 heteroatoms. The van der Waals surface area contributed by atoms with Gasteiger partial charge in [0, 0.05) is 5.02 Å². The Kier molecular flexibility index (Phi) is 5.53. The minimum absolute atomic E-state index is 0.115. The second-order valence-electron chi connectivity index (χ2n) is 5.39. The molecular weight excluding hydrogens is 357 g/mol. The second-order valence-corrected chi connectivity index (χ2v) is 6.23. The molecule has 0 aliphatic carbocycles. The number of nitrogens with zero attached hydrogens (tertiary/aromatic N) is 1. The number of halogens is 2. The number of amides is 1. The van der Waals surface area contributed by atoms with E-state index in [1.54, 1.807) is 36.5 Å². The van der Waals surface area contributed by atoms with E-state index in [-0.39, 0.29) is 12.3 Å². The lowest BCUT2D eigenvalue weighted by molar-refractivity contribution is -0.115. The monoisotopic (exact) mass is 371 g/mol. The number of hydrogen-bond acceptors (Lipinski definition) is 3. The Labute approximate surface area is 155 Å². The first-order chi connectivity index (χ1) is 12.1. The molecule has 2 N–H and O–H groups in total. The van der Waals surface area contributed by atoms with Crippen LogP contribution in [0.1, 0.15) is 5.56 Å². The van der Waals surface area contributed by atoms with Crippen LogP contribution in [0.25, 0.3) is 0 Å². The standard InChI is InChI=1S/C19H15Cl2N3O/c20-14-7-5-13(6-8-14)11-19(25)23-15-9-10-18(22-12-15)24-17-4-2-1-3-16(17)21/h1-10,12H,11H2,(H,22,24)(H,23,25). The third-order valence-electron chi connectivity index (χ3n) is 3.46. The van der Waals surface area contributed by atoms with E-state index in [1.165, 1.54) is 0 Å². The minimum Gasteiger partial charge on any atom is -0.339 e. The van der Waals surface area contributed by atoms with Crippen LogP contribution in [0.4, 0.5) is 17.2 Å². The number of hydrogen-bond donors (Lipinski definition) is 2. The first-order valence-electron chi connectivity index (χ1n) is 7.62. The molecule has 0 radical (unpaired) electrons. The van der Waals surface area contributed by atoms with E-state index < -0.39 is 0 Å². The van der Waals surface area contributed by atoms with Crippen LogP contribution in [0.3, 0.4) is 0 Å². The summed E-state index contributed by atoms with van der Waals surface area (Å²) in [5, 5.41) is 7.21. The van der Waals surface area contributed by atoms with Crippen LogP contribution in [-0.4, -0.2) is 10.9 Å². The summed E-state index contributed by atoms with van der Waals surface area (Å²) in [6.45, 7) is 0. The van der Waals surface area contributed by atoms with Crippen molar-refractivity contribution in [2.75, 3.05) is 10.6 Å². The number of anilines is 3. The molecule has 0 fully saturated rings. The molecule has 3 rings (SSSR count). The van der Waals surface area contributed by atoms with Gasteiger partial charge in [0.25, 0.3) is 0 Å². The number of benzene rings is 2. The predicted octanol–water partition coefficient (Wildman–Crippen LogP) is 5.31. The van der Waals surface area contributed by atoms with Gasteiger partial charge in [-0.05, 0) is 42.0 Å². The van der Waals surface area contributed by atoms with E-state index in [0.29, 0.717) is 21.6 Å². The maximum atomic E-state index is 12.1. The summed E-state index contributed by atoms with van der Waals surface area (Å²) < 4.78 is 0. The number of carbonyl (C=O) groups is 1. The van der Waals surface area contributed by atoms with Gasteiger partial charge in [0.05, 0.1) is 29.0 Å². The molecule has 2 aromatic carbocycles. The number of rotatable bonds is 5. The van der Waals surface area contributed by atoms with E-state index in [2.05, 4.69) is 15.6 Å². The average Bonchev–Trinajstić information content (AvgIpc) is 2.61. The normalized spacial score (nSPS) is 10.3. The summed E-state index contributed by atoms with van der Waals surface area (Å²) in [4.78, 5) is 16.4. The Balaban J connectivity index is 1.59. The summed E-state index contributed by atoms with van der Waals surface area (Å²) in [5.74, 6) is 0.528. The molecule has 126 valence electrons. The van der Waals surface area contributed by atoms with Gasteiger partial charge < -0.3 is 10.6 Å². The van der Waals surface area contributed by atoms with Gasteiger partial charge in [-0.3, -0.25) is 4.79 Å². The fourth-order valence-electron chi connectivity index (χ4n) is 2.24. The fourth-order valence-corrected chi connectivity index (χ4v) is 2.54. The zero-order valence-electron chi connectivity index (χ0n) is 13.2. The average molecular weight is 372 g/mol. The largest absolute Gasteiger partial charge is 0.339 e. The molecule has 4 nitrogen and oxygen atoms in total. The van der Waals surface area contributed by atoms with E-state index in [9.17, 15) is 4.79 Å². The van der Waals surface area contributed by atoms with Crippen LogP contribution in [0, 0.1) is 0 Å². The minimum atomic E-state index is -0.115. The summed E-state index contributed by atoms with van der Waals surface area (Å²) >= 11 is 11.9. The number of aromatic nitrogens is 1. The highest BCUT2D eigenvalue weighted by Gasteiger charge is 2.05. The highest BCUT2D eigenvalue weighted by atomic mass is 35.5. The van der Waals surface area contributed by atoms with E-state index in [0.717, 1.165) is 11.3 Å². The summed E-state index contributed by atoms with van der Waals surface area (Å²) in [6, 6.07) is 18.2. The highest BCUT2D eigenvalue weighted by Crippen LogP contribution is 2.24. The fraction of sp³-hybridized carbons (Fsp3) is 0.0526. The molecule has 1 heterocycles. The Morgan fingerprint density at radius 3 is 2.40 bits per heavy atom. The van der Waals surface area contributed by atoms with E-state index in [1.807, 2.05) is 30.3 Å². The lowest BCUT2D eigenvalue weighted by Gasteiger charge is -2.09. The molecule has 0 saturated heterocycles. The molecule has 0 saturated carbocycles. The maximum absolute atomic E-state index is 12.1. The zero-order valence-corrected chi connectivity index (χ0v) is 14.7. The van der Waals surface area contributed by atoms with Gasteiger partial charge in [0.2, 0.25) is 5.91 Å². The Morgan fingerprint density at radius 2 is 1.72 bits per heavy atom. The van der Waals surface area contributed by atoms with Crippen LogP contribution in [0.5, 0.6) is 0 Å². The third kappa shape index (κ3) is 4.95. The van der Waals surface area contributed by atoms with Gasteiger partial charge in [0.1, 0.15) is 5.82 Å². The van der Waals surface area contributed by atoms with Crippen LogP contribution in [0.15, 0.2) is 66.9 Å². The number of nitrogens with one attached hydrogen (secondary N) is 2. The number of pyridine rings is 1. The van der Waals surface area contributed by atoms with Crippen molar-refractivity contribution in [1.29, 1.82) is 0 Å². The first-order valence-corrected chi connectivity index (χ1v) is 8.38. The maximum Gasteiger partial charge on any atom is 0.228 e. The van der Waals surface area contributed by atoms with Gasteiger partial charge in [-0.1, -0.05) is 47.5 Å². The van der Waals surface area contributed by atoms with Crippen LogP contribution in [0.2, 0.25) is 10.0 Å². The van der Waals surface area contributed by atoms with Crippen molar-refractivity contribution in [1.82, 2.24) is 4.98 Å². The molecule has 0 unspecified atom stereocenters. The summed E-state index contributed by atoms with van der Waals surface area (Å²) in [5.41, 5.74) is 2.30. The topological polar surface area (TPSA) is 54.0 Å². The number of carbonyl (C=O) groups excluding carboxylic acids is 1. The summed E-state index contributed by atoms with van der Waals surface area (Å²) in [7, 11) is 0. The van der Waals surface area contributed by atoms with Gasteiger partial charge in [-0.25, -0.2) is 4.98 Å². The third-order valence-corrected chi connectivity index (χ3v) is 4.04. The molecule has 0 atom stereocenters. The van der Waals surface area contributed by atoms with Crippen LogP contribution >= 0.6 is 23.2 Å². The quantitative estimate of drug-likeness (QED) is 0.638. The van der Waals surface area contributed by atoms with Crippen molar-refractivity contribution in [3.8, 4) is 0 Å². The predicted molar refractivity (Wildman–Crippen MR) is 103 cm³/mol. The lowest BCUT2D eigenvalue weighted by Crippen LogP contribution is -2.14. The Morgan fingerprint density at radius 1 is 0.960 bits per heavy atom. The Bertz CT molecular complexity index is 865. The van der Waals surface area contributed by atoms with Crippen molar-refractivity contribution in [3.63, 3.8) is 0 Å². The lowest BCUT2D eigenvalue weighted by atomic mass is 10.1. The molecule has 0 aliphatic rings. The van der Waals surface area contributed by atoms with Crippen molar-refractivity contribution in [2.45, 2.75) is 6.42 Å². The molecule has 3 aromatic rings. The molecule has 1 aromatic heterocycles. The van der Waals surface area contributed by atoms with Gasteiger partial charge in [-0.2, -0.15) is 0 Å². The van der Waals surface area contributed by atoms with Crippen molar-refractivity contribution in [2.24, 2.45) is 0 Å². The van der Waals surface area contributed by atoms with E-state index >= 15 is 0 Å². The molecule has 25 heavy (non-hydrogen) atoms. The van der Waals surface area contributed by atoms with Crippen molar-refractivity contribution >= 4 is 46.3 Å². The van der Waals surface area contributed by atoms with Crippen molar-refractivity contribution < 1.29 is 4.79 Å². The molecule has 0 bridgehead atoms. The van der Waals surface area contributed by atoms with Crippen LogP contribution < -0.4 is 10.6 Å². The van der Waals surface area contributed by atoms with Gasteiger partial charge >= 0.3 is 0 Å². The molecule has 1 amide bonds. The Hall–Kier alpha value is -2.56.